The Morgan fingerprint density at radius 1 is 1.16 bits per heavy atom. The molecule has 0 spiro atoms. The maximum Gasteiger partial charge on any atom is 0.217 e. The van der Waals surface area contributed by atoms with Gasteiger partial charge in [-0.2, -0.15) is 10.4 Å². The second-order valence-corrected chi connectivity index (χ2v) is 10.6. The standard InChI is InChI=1S/C26H26N8O2S/c1-15(35)30-19-9-17(10-19)25-32-33-26(37-25)21-14-28-23(11-22(21)31-18-4-6-36-7-5-18)24-3-2-20-8-16(12-27)13-29-34(20)24/h2-3,8,11,13-14,17-19H,4-7,9-10H2,1H3,(H,28,31)(H,30,35). The lowest BCUT2D eigenvalue weighted by molar-refractivity contribution is -0.120. The lowest BCUT2D eigenvalue weighted by Gasteiger charge is -2.33. The first-order valence-corrected chi connectivity index (χ1v) is 13.2. The Labute approximate surface area is 217 Å². The monoisotopic (exact) mass is 514 g/mol. The molecular weight excluding hydrogens is 488 g/mol. The minimum atomic E-state index is 0.00728. The van der Waals surface area contributed by atoms with Crippen LogP contribution in [0.5, 0.6) is 0 Å². The zero-order valence-electron chi connectivity index (χ0n) is 20.3. The molecule has 2 fully saturated rings. The Balaban J connectivity index is 1.32. The van der Waals surface area contributed by atoms with Gasteiger partial charge in [0.25, 0.3) is 0 Å². The lowest BCUT2D eigenvalue weighted by Crippen LogP contribution is -2.42. The van der Waals surface area contributed by atoms with Crippen molar-refractivity contribution in [2.45, 2.75) is 50.6 Å². The van der Waals surface area contributed by atoms with Crippen LogP contribution >= 0.6 is 11.3 Å². The number of amides is 1. The van der Waals surface area contributed by atoms with Gasteiger partial charge in [-0.1, -0.05) is 11.3 Å². The summed E-state index contributed by atoms with van der Waals surface area (Å²) in [5.74, 6) is 0.326. The highest BCUT2D eigenvalue weighted by Crippen LogP contribution is 2.41. The van der Waals surface area contributed by atoms with Crippen molar-refractivity contribution >= 4 is 28.4 Å². The molecule has 0 unspecified atom stereocenters. The molecule has 188 valence electrons. The summed E-state index contributed by atoms with van der Waals surface area (Å²) in [6.07, 6.45) is 7.05. The molecule has 6 rings (SSSR count). The van der Waals surface area contributed by atoms with Gasteiger partial charge >= 0.3 is 0 Å². The molecule has 37 heavy (non-hydrogen) atoms. The van der Waals surface area contributed by atoms with Gasteiger partial charge in [0.05, 0.1) is 34.2 Å². The lowest BCUT2D eigenvalue weighted by atomic mass is 9.81. The normalized spacial score (nSPS) is 19.8. The van der Waals surface area contributed by atoms with Crippen molar-refractivity contribution in [3.05, 3.63) is 47.2 Å². The molecule has 2 N–H and O–H groups in total. The van der Waals surface area contributed by atoms with E-state index in [1.807, 2.05) is 30.5 Å². The number of carbonyl (C=O) groups excluding carboxylic acids is 1. The number of hydrogen-bond donors (Lipinski definition) is 2. The van der Waals surface area contributed by atoms with Crippen LogP contribution in [0.3, 0.4) is 0 Å². The molecule has 4 aromatic rings. The molecule has 0 atom stereocenters. The second kappa shape index (κ2) is 9.88. The van der Waals surface area contributed by atoms with Gasteiger partial charge in [0.15, 0.2) is 5.01 Å². The van der Waals surface area contributed by atoms with Gasteiger partial charge in [-0.25, -0.2) is 4.52 Å². The Hall–Kier alpha value is -3.88. The van der Waals surface area contributed by atoms with E-state index >= 15 is 0 Å². The summed E-state index contributed by atoms with van der Waals surface area (Å²) in [6, 6.07) is 10.4. The van der Waals surface area contributed by atoms with Gasteiger partial charge in [0, 0.05) is 50.0 Å². The maximum atomic E-state index is 11.3. The fourth-order valence-corrected chi connectivity index (χ4v) is 5.93. The third-order valence-corrected chi connectivity index (χ3v) is 8.06. The molecule has 0 radical (unpaired) electrons. The SMILES string of the molecule is CC(=O)NC1CC(c2nnc(-c3cnc(-c4ccc5cc(C#N)cnn45)cc3NC3CCOCC3)s2)C1. The summed E-state index contributed by atoms with van der Waals surface area (Å²) in [6.45, 7) is 3.02. The predicted octanol–water partition coefficient (Wildman–Crippen LogP) is 3.76. The third kappa shape index (κ3) is 4.77. The molecule has 11 heteroatoms. The van der Waals surface area contributed by atoms with E-state index in [9.17, 15) is 10.1 Å². The van der Waals surface area contributed by atoms with Crippen molar-refractivity contribution < 1.29 is 9.53 Å². The van der Waals surface area contributed by atoms with Gasteiger partial charge in [0.1, 0.15) is 11.1 Å². The molecule has 10 nitrogen and oxygen atoms in total. The number of pyridine rings is 1. The van der Waals surface area contributed by atoms with Crippen LogP contribution in [0.4, 0.5) is 5.69 Å². The van der Waals surface area contributed by atoms with Gasteiger partial charge in [-0.15, -0.1) is 10.2 Å². The van der Waals surface area contributed by atoms with Crippen molar-refractivity contribution in [2.24, 2.45) is 0 Å². The number of nitrogens with zero attached hydrogens (tertiary/aromatic N) is 6. The zero-order valence-corrected chi connectivity index (χ0v) is 21.2. The van der Waals surface area contributed by atoms with E-state index in [-0.39, 0.29) is 11.9 Å². The molecule has 1 saturated heterocycles. The first-order valence-electron chi connectivity index (χ1n) is 12.4. The third-order valence-electron chi connectivity index (χ3n) is 6.94. The van der Waals surface area contributed by atoms with Crippen LogP contribution in [-0.4, -0.2) is 56.0 Å². The predicted molar refractivity (Wildman–Crippen MR) is 139 cm³/mol. The van der Waals surface area contributed by atoms with Gasteiger partial charge in [-0.3, -0.25) is 9.78 Å². The molecule has 0 bridgehead atoms. The number of anilines is 1. The summed E-state index contributed by atoms with van der Waals surface area (Å²) in [5.41, 5.74) is 4.84. The van der Waals surface area contributed by atoms with E-state index < -0.39 is 0 Å². The van der Waals surface area contributed by atoms with Crippen molar-refractivity contribution in [3.8, 4) is 28.0 Å². The zero-order chi connectivity index (χ0) is 25.4. The van der Waals surface area contributed by atoms with E-state index in [1.54, 1.807) is 29.0 Å². The van der Waals surface area contributed by atoms with Gasteiger partial charge < -0.3 is 15.4 Å². The van der Waals surface area contributed by atoms with E-state index in [1.165, 1.54) is 0 Å². The van der Waals surface area contributed by atoms with Crippen molar-refractivity contribution in [1.82, 2.24) is 30.1 Å². The highest BCUT2D eigenvalue weighted by atomic mass is 32.1. The van der Waals surface area contributed by atoms with Gasteiger partial charge in [-0.05, 0) is 49.9 Å². The fraction of sp³-hybridized carbons (Fsp3) is 0.385. The molecule has 0 aromatic carbocycles. The molecule has 2 aliphatic rings. The molecule has 1 amide bonds. The average Bonchev–Trinajstić information content (AvgIpc) is 3.53. The van der Waals surface area contributed by atoms with Crippen LogP contribution in [0.25, 0.3) is 27.5 Å². The maximum absolute atomic E-state index is 11.3. The minimum absolute atomic E-state index is 0.00728. The molecule has 1 aliphatic heterocycles. The Morgan fingerprint density at radius 2 is 2.00 bits per heavy atom. The van der Waals surface area contributed by atoms with Gasteiger partial charge in [0.2, 0.25) is 5.91 Å². The molecular formula is C26H26N8O2S. The largest absolute Gasteiger partial charge is 0.381 e. The first-order chi connectivity index (χ1) is 18.1. The Bertz CT molecular complexity index is 1490. The number of aromatic nitrogens is 5. The molecule has 1 aliphatic carbocycles. The minimum Gasteiger partial charge on any atom is -0.381 e. The number of hydrogen-bond acceptors (Lipinski definition) is 9. The van der Waals surface area contributed by atoms with E-state index in [4.69, 9.17) is 9.72 Å². The highest BCUT2D eigenvalue weighted by Gasteiger charge is 2.33. The molecule has 1 saturated carbocycles. The highest BCUT2D eigenvalue weighted by molar-refractivity contribution is 7.14. The quantitative estimate of drug-likeness (QED) is 0.398. The summed E-state index contributed by atoms with van der Waals surface area (Å²) in [4.78, 5) is 16.1. The van der Waals surface area contributed by atoms with Crippen LogP contribution in [0, 0.1) is 11.3 Å². The summed E-state index contributed by atoms with van der Waals surface area (Å²) in [5, 5.41) is 31.2. The second-order valence-electron chi connectivity index (χ2n) is 9.57. The van der Waals surface area contributed by atoms with Crippen molar-refractivity contribution in [3.63, 3.8) is 0 Å². The average molecular weight is 515 g/mol. The number of ether oxygens (including phenoxy) is 1. The summed E-state index contributed by atoms with van der Waals surface area (Å²) < 4.78 is 7.35. The van der Waals surface area contributed by atoms with Crippen LogP contribution < -0.4 is 10.6 Å². The number of nitrogens with one attached hydrogen (secondary N) is 2. The topological polar surface area (TPSA) is 130 Å². The van der Waals surface area contributed by atoms with E-state index in [0.717, 1.165) is 77.1 Å². The smallest absolute Gasteiger partial charge is 0.217 e. The van der Waals surface area contributed by atoms with Crippen molar-refractivity contribution in [2.75, 3.05) is 18.5 Å². The van der Waals surface area contributed by atoms with Crippen LogP contribution in [-0.2, 0) is 9.53 Å². The summed E-state index contributed by atoms with van der Waals surface area (Å²) in [7, 11) is 0. The van der Waals surface area contributed by atoms with Crippen LogP contribution in [0.15, 0.2) is 36.7 Å². The van der Waals surface area contributed by atoms with E-state index in [2.05, 4.69) is 32.0 Å². The number of rotatable bonds is 6. The number of fused-ring (bicyclic) bond motifs is 1. The first kappa shape index (κ1) is 23.5. The van der Waals surface area contributed by atoms with Crippen LogP contribution in [0.1, 0.15) is 49.1 Å². The Morgan fingerprint density at radius 3 is 2.78 bits per heavy atom. The molecule has 5 heterocycles. The van der Waals surface area contributed by atoms with Crippen LogP contribution in [0.2, 0.25) is 0 Å². The number of nitriles is 1. The fourth-order valence-electron chi connectivity index (χ4n) is 4.93. The number of carbonyl (C=O) groups is 1. The van der Waals surface area contributed by atoms with Crippen molar-refractivity contribution in [1.29, 1.82) is 5.26 Å². The molecule has 4 aromatic heterocycles. The Kier molecular flexibility index (Phi) is 6.28. The summed E-state index contributed by atoms with van der Waals surface area (Å²) >= 11 is 1.59. The van der Waals surface area contributed by atoms with E-state index in [0.29, 0.717) is 17.5 Å².